The van der Waals surface area contributed by atoms with E-state index >= 15 is 0 Å². The molecule has 1 aliphatic heterocycles. The molecule has 4 amide bonds. The summed E-state index contributed by atoms with van der Waals surface area (Å²) in [4.78, 5) is 48.0. The third-order valence-electron chi connectivity index (χ3n) is 7.51. The van der Waals surface area contributed by atoms with Gasteiger partial charge in [-0.15, -0.1) is 0 Å². The maximum atomic E-state index is 13.5. The van der Waals surface area contributed by atoms with Crippen molar-refractivity contribution in [3.8, 4) is 0 Å². The van der Waals surface area contributed by atoms with Crippen LogP contribution in [0, 0.1) is 18.8 Å². The fraction of sp³-hybridized carbons (Fsp3) is 0.577. The molecule has 0 bridgehead atoms. The molecule has 3 atom stereocenters. The number of aryl methyl sites for hydroxylation is 1. The molecule has 2 aromatic heterocycles. The Labute approximate surface area is 229 Å². The van der Waals surface area contributed by atoms with Crippen molar-refractivity contribution in [2.24, 2.45) is 11.8 Å². The molecular formula is C26H33F3N6O5. The van der Waals surface area contributed by atoms with Gasteiger partial charge in [0.2, 0.25) is 11.7 Å². The van der Waals surface area contributed by atoms with E-state index < -0.39 is 48.7 Å². The van der Waals surface area contributed by atoms with Crippen molar-refractivity contribution in [1.82, 2.24) is 25.5 Å². The Kier molecular flexibility index (Phi) is 8.96. The third kappa shape index (κ3) is 6.72. The number of alkyl halides is 3. The summed E-state index contributed by atoms with van der Waals surface area (Å²) in [5.74, 6) is -0.521. The molecule has 0 aromatic carbocycles. The maximum Gasteiger partial charge on any atom is 0.410 e. The molecule has 1 aliphatic carbocycles. The van der Waals surface area contributed by atoms with Gasteiger partial charge in [0.25, 0.3) is 5.91 Å². The summed E-state index contributed by atoms with van der Waals surface area (Å²) >= 11 is 0. The minimum Gasteiger partial charge on any atom is -0.438 e. The van der Waals surface area contributed by atoms with E-state index in [0.29, 0.717) is 17.2 Å². The number of hydrogen-bond donors (Lipinski definition) is 3. The SMILES string of the molecule is COCC(c1ccnc(NC(=O)[C@@H](NC(=O)c2ocnc2C)C2CCC(C)CC2)c1)N1C[C@@H](C(F)(F)F)NC1=O. The van der Waals surface area contributed by atoms with Crippen molar-refractivity contribution in [2.45, 2.75) is 63.8 Å². The average Bonchev–Trinajstić information content (AvgIpc) is 3.52. The third-order valence-corrected chi connectivity index (χ3v) is 7.51. The number of oxazole rings is 1. The van der Waals surface area contributed by atoms with Crippen LogP contribution in [0.5, 0.6) is 0 Å². The highest BCUT2D eigenvalue weighted by Crippen LogP contribution is 2.32. The zero-order valence-electron chi connectivity index (χ0n) is 22.5. The molecule has 11 nitrogen and oxygen atoms in total. The molecule has 3 heterocycles. The van der Waals surface area contributed by atoms with E-state index in [1.165, 1.54) is 19.4 Å². The van der Waals surface area contributed by atoms with Gasteiger partial charge >= 0.3 is 12.2 Å². The second-order valence-electron chi connectivity index (χ2n) is 10.4. The highest BCUT2D eigenvalue weighted by molar-refractivity contribution is 6.00. The quantitative estimate of drug-likeness (QED) is 0.422. The number of urea groups is 1. The zero-order chi connectivity index (χ0) is 29.0. The van der Waals surface area contributed by atoms with E-state index in [9.17, 15) is 27.6 Å². The van der Waals surface area contributed by atoms with Gasteiger partial charge in [-0.25, -0.2) is 14.8 Å². The second-order valence-corrected chi connectivity index (χ2v) is 10.4. The zero-order valence-corrected chi connectivity index (χ0v) is 22.5. The molecule has 2 fully saturated rings. The number of anilines is 1. The van der Waals surface area contributed by atoms with Crippen LogP contribution in [0.15, 0.2) is 29.1 Å². The minimum atomic E-state index is -4.60. The van der Waals surface area contributed by atoms with Crippen LogP contribution in [0.25, 0.3) is 0 Å². The molecule has 218 valence electrons. The van der Waals surface area contributed by atoms with Gasteiger partial charge in [-0.2, -0.15) is 13.2 Å². The second kappa shape index (κ2) is 12.2. The lowest BCUT2D eigenvalue weighted by molar-refractivity contribution is -0.150. The molecule has 3 N–H and O–H groups in total. The summed E-state index contributed by atoms with van der Waals surface area (Å²) < 4.78 is 50.1. The number of aromatic nitrogens is 2. The Bertz CT molecular complexity index is 1210. The van der Waals surface area contributed by atoms with E-state index in [-0.39, 0.29) is 24.1 Å². The monoisotopic (exact) mass is 566 g/mol. The van der Waals surface area contributed by atoms with Crippen molar-refractivity contribution >= 4 is 23.7 Å². The first-order valence-electron chi connectivity index (χ1n) is 13.1. The van der Waals surface area contributed by atoms with Crippen molar-refractivity contribution < 1.29 is 36.7 Å². The smallest absolute Gasteiger partial charge is 0.410 e. The van der Waals surface area contributed by atoms with E-state index in [2.05, 4.69) is 27.5 Å². The Morgan fingerprint density at radius 2 is 1.98 bits per heavy atom. The van der Waals surface area contributed by atoms with Crippen LogP contribution in [0.1, 0.15) is 60.5 Å². The molecule has 1 saturated heterocycles. The molecular weight excluding hydrogens is 533 g/mol. The van der Waals surface area contributed by atoms with Crippen LogP contribution in [0.3, 0.4) is 0 Å². The number of rotatable bonds is 9. The van der Waals surface area contributed by atoms with Crippen LogP contribution in [-0.4, -0.2) is 71.2 Å². The first-order valence-corrected chi connectivity index (χ1v) is 13.1. The fourth-order valence-electron chi connectivity index (χ4n) is 5.21. The fourth-order valence-corrected chi connectivity index (χ4v) is 5.21. The molecule has 4 rings (SSSR count). The summed E-state index contributed by atoms with van der Waals surface area (Å²) in [6.07, 6.45) is 1.25. The summed E-state index contributed by atoms with van der Waals surface area (Å²) in [7, 11) is 1.38. The van der Waals surface area contributed by atoms with Crippen molar-refractivity contribution in [1.29, 1.82) is 0 Å². The molecule has 0 radical (unpaired) electrons. The normalized spacial score (nSPS) is 22.9. The lowest BCUT2D eigenvalue weighted by Gasteiger charge is -2.32. The summed E-state index contributed by atoms with van der Waals surface area (Å²) in [6, 6.07) is -1.60. The number of nitrogens with zero attached hydrogens (tertiary/aromatic N) is 3. The van der Waals surface area contributed by atoms with Gasteiger partial charge in [0.15, 0.2) is 6.39 Å². The molecule has 1 unspecified atom stereocenters. The van der Waals surface area contributed by atoms with Crippen LogP contribution in [-0.2, 0) is 9.53 Å². The Morgan fingerprint density at radius 1 is 1.25 bits per heavy atom. The van der Waals surface area contributed by atoms with Gasteiger partial charge in [0.05, 0.1) is 24.9 Å². The number of hydrogen-bond acceptors (Lipinski definition) is 7. The van der Waals surface area contributed by atoms with Gasteiger partial charge in [-0.1, -0.05) is 19.8 Å². The lowest BCUT2D eigenvalue weighted by atomic mass is 9.79. The highest BCUT2D eigenvalue weighted by Gasteiger charge is 2.48. The Hall–Kier alpha value is -3.68. The van der Waals surface area contributed by atoms with Gasteiger partial charge in [-0.3, -0.25) is 9.59 Å². The molecule has 2 aliphatic rings. The predicted octanol–water partition coefficient (Wildman–Crippen LogP) is 3.59. The molecule has 0 spiro atoms. The highest BCUT2D eigenvalue weighted by atomic mass is 19.4. The number of nitrogens with one attached hydrogen (secondary N) is 3. The molecule has 2 aromatic rings. The van der Waals surface area contributed by atoms with E-state index in [1.807, 2.05) is 5.32 Å². The number of carbonyl (C=O) groups is 3. The van der Waals surface area contributed by atoms with E-state index in [0.717, 1.165) is 37.0 Å². The largest absolute Gasteiger partial charge is 0.438 e. The van der Waals surface area contributed by atoms with Crippen molar-refractivity contribution in [2.75, 3.05) is 25.6 Å². The van der Waals surface area contributed by atoms with Crippen LogP contribution < -0.4 is 16.0 Å². The van der Waals surface area contributed by atoms with Gasteiger partial charge in [0, 0.05) is 13.3 Å². The maximum absolute atomic E-state index is 13.5. The predicted molar refractivity (Wildman–Crippen MR) is 136 cm³/mol. The Balaban J connectivity index is 1.53. The number of methoxy groups -OCH3 is 1. The first-order chi connectivity index (χ1) is 19.0. The standard InChI is InChI=1S/C26H33F3N6O5/c1-14-4-6-16(7-5-14)21(34-24(37)22-15(2)31-13-40-22)23(36)33-20-10-17(8-9-30-20)18(12-39-3)35-11-19(26(27,28)29)32-25(35)38/h8-10,13-14,16,18-19,21H,4-7,11-12H2,1-3H3,(H,32,38)(H,34,37)(H,30,33,36)/t14?,16?,18?,19-,21-/m0/s1. The van der Waals surface area contributed by atoms with Crippen LogP contribution in [0.4, 0.5) is 23.8 Å². The molecule has 40 heavy (non-hydrogen) atoms. The number of halogens is 3. The number of ether oxygens (including phenoxy) is 1. The lowest BCUT2D eigenvalue weighted by Crippen LogP contribution is -2.49. The average molecular weight is 567 g/mol. The topological polar surface area (TPSA) is 139 Å². The minimum absolute atomic E-state index is 0.0190. The van der Waals surface area contributed by atoms with Crippen molar-refractivity contribution in [3.63, 3.8) is 0 Å². The Morgan fingerprint density at radius 3 is 2.58 bits per heavy atom. The van der Waals surface area contributed by atoms with Crippen LogP contribution >= 0.6 is 0 Å². The molecule has 14 heteroatoms. The number of pyridine rings is 1. The van der Waals surface area contributed by atoms with Gasteiger partial charge < -0.3 is 30.0 Å². The molecule has 1 saturated carbocycles. The number of carbonyl (C=O) groups excluding carboxylic acids is 3. The van der Waals surface area contributed by atoms with E-state index in [4.69, 9.17) is 9.15 Å². The summed E-state index contributed by atoms with van der Waals surface area (Å²) in [5, 5.41) is 7.49. The van der Waals surface area contributed by atoms with Gasteiger partial charge in [0.1, 0.15) is 17.9 Å². The summed E-state index contributed by atoms with van der Waals surface area (Å²) in [5.41, 5.74) is 0.820. The van der Waals surface area contributed by atoms with Crippen LogP contribution in [0.2, 0.25) is 0 Å². The number of amides is 4. The van der Waals surface area contributed by atoms with Crippen molar-refractivity contribution in [3.05, 3.63) is 41.7 Å². The van der Waals surface area contributed by atoms with Gasteiger partial charge in [-0.05, 0) is 49.3 Å². The summed E-state index contributed by atoms with van der Waals surface area (Å²) in [6.45, 7) is 3.10. The van der Waals surface area contributed by atoms with E-state index in [1.54, 1.807) is 13.0 Å². The first kappa shape index (κ1) is 29.3.